The zero-order valence-corrected chi connectivity index (χ0v) is 19.3. The van der Waals surface area contributed by atoms with Gasteiger partial charge in [-0.25, -0.2) is 0 Å². The van der Waals surface area contributed by atoms with Gasteiger partial charge < -0.3 is 9.74 Å². The fraction of sp³-hybridized carbons (Fsp3) is 0.692. The number of nitrogens with zero attached hydrogens (tertiary/aromatic N) is 2. The first kappa shape index (κ1) is 25.5. The molecule has 0 aromatic carbocycles. The molecular weight excluding hydrogens is 356 g/mol. The molecule has 0 fully saturated rings. The predicted octanol–water partition coefficient (Wildman–Crippen LogP) is 6.50. The average Bonchev–Trinajstić information content (AvgIpc) is 2.72. The van der Waals surface area contributed by atoms with Gasteiger partial charge in [0.2, 0.25) is 0 Å². The molecule has 1 aliphatic rings. The molecule has 0 saturated carbocycles. The van der Waals surface area contributed by atoms with Gasteiger partial charge in [0.25, 0.3) is 0 Å². The van der Waals surface area contributed by atoms with E-state index in [1.54, 1.807) is 7.11 Å². The molecule has 0 bridgehead atoms. The number of hydrogen-bond donors (Lipinski definition) is 0. The monoisotopic (exact) mass is 400 g/mol. The van der Waals surface area contributed by atoms with Crippen LogP contribution in [-0.4, -0.2) is 44.3 Å². The Morgan fingerprint density at radius 3 is 2.48 bits per heavy atom. The van der Waals surface area contributed by atoms with Crippen molar-refractivity contribution in [3.05, 3.63) is 36.1 Å². The average molecular weight is 401 g/mol. The molecule has 3 nitrogen and oxygen atoms in total. The Morgan fingerprint density at radius 1 is 1.03 bits per heavy atom. The molecule has 0 unspecified atom stereocenters. The normalized spacial score (nSPS) is 13.8. The SMILES string of the molecule is CON(C)CCCCCCCCCCC=CC#CCCCCC1=CC=CN(C)C1. The molecule has 0 amide bonds. The highest BCUT2D eigenvalue weighted by molar-refractivity contribution is 5.18. The molecule has 0 saturated heterocycles. The van der Waals surface area contributed by atoms with Crippen LogP contribution < -0.4 is 0 Å². The molecule has 0 aliphatic carbocycles. The lowest BCUT2D eigenvalue weighted by Crippen LogP contribution is -2.17. The summed E-state index contributed by atoms with van der Waals surface area (Å²) in [6, 6.07) is 0. The Bertz CT molecular complexity index is 539. The minimum Gasteiger partial charge on any atom is -0.376 e. The van der Waals surface area contributed by atoms with Crippen molar-refractivity contribution in [3.63, 3.8) is 0 Å². The van der Waals surface area contributed by atoms with E-state index in [2.05, 4.69) is 54.3 Å². The van der Waals surface area contributed by atoms with Crippen molar-refractivity contribution < 1.29 is 4.84 Å². The first-order valence-corrected chi connectivity index (χ1v) is 11.7. The van der Waals surface area contributed by atoms with Crippen LogP contribution in [0.4, 0.5) is 0 Å². The van der Waals surface area contributed by atoms with Gasteiger partial charge in [-0.3, -0.25) is 0 Å². The van der Waals surface area contributed by atoms with Crippen LogP contribution in [0, 0.1) is 11.8 Å². The van der Waals surface area contributed by atoms with Crippen LogP contribution in [0.1, 0.15) is 83.5 Å². The lowest BCUT2D eigenvalue weighted by molar-refractivity contribution is -0.109. The van der Waals surface area contributed by atoms with Gasteiger partial charge in [-0.05, 0) is 56.9 Å². The van der Waals surface area contributed by atoms with Crippen molar-refractivity contribution in [1.82, 2.24) is 9.96 Å². The lowest BCUT2D eigenvalue weighted by Gasteiger charge is -2.19. The van der Waals surface area contributed by atoms with E-state index in [9.17, 15) is 0 Å². The molecule has 0 atom stereocenters. The summed E-state index contributed by atoms with van der Waals surface area (Å²) < 4.78 is 0. The zero-order valence-electron chi connectivity index (χ0n) is 19.3. The Labute approximate surface area is 180 Å². The highest BCUT2D eigenvalue weighted by Gasteiger charge is 2.02. The third-order valence-electron chi connectivity index (χ3n) is 5.38. The standard InChI is InChI=1S/C26H44N2O/c1-27-23-20-22-26(25-27)21-18-16-14-12-10-8-6-4-5-7-9-11-13-15-17-19-24-28(2)29-3/h6,8,20,22-23H,4-5,7,9,11,13-19,21,24-25H2,1-3H3. The van der Waals surface area contributed by atoms with E-state index in [1.165, 1.54) is 82.6 Å². The summed E-state index contributed by atoms with van der Waals surface area (Å²) in [5.74, 6) is 6.48. The van der Waals surface area contributed by atoms with Crippen LogP contribution >= 0.6 is 0 Å². The molecule has 1 aliphatic heterocycles. The highest BCUT2D eigenvalue weighted by atomic mass is 16.7. The van der Waals surface area contributed by atoms with Crippen molar-refractivity contribution in [2.75, 3.05) is 34.3 Å². The van der Waals surface area contributed by atoms with Gasteiger partial charge in [0, 0.05) is 33.6 Å². The quantitative estimate of drug-likeness (QED) is 0.167. The first-order chi connectivity index (χ1) is 14.2. The Hall–Kier alpha value is -1.50. The first-order valence-electron chi connectivity index (χ1n) is 11.7. The Kier molecular flexibility index (Phi) is 16.3. The molecule has 0 aromatic heterocycles. The third-order valence-corrected chi connectivity index (χ3v) is 5.38. The van der Waals surface area contributed by atoms with E-state index in [0.717, 1.165) is 19.5 Å². The van der Waals surface area contributed by atoms with Gasteiger partial charge in [-0.2, -0.15) is 5.06 Å². The topological polar surface area (TPSA) is 15.7 Å². The van der Waals surface area contributed by atoms with Crippen LogP contribution in [0.5, 0.6) is 0 Å². The molecular formula is C26H44N2O. The Balaban J connectivity index is 1.83. The van der Waals surface area contributed by atoms with Crippen LogP contribution in [0.3, 0.4) is 0 Å². The minimum atomic E-state index is 1.02. The van der Waals surface area contributed by atoms with Crippen molar-refractivity contribution in [2.24, 2.45) is 0 Å². The van der Waals surface area contributed by atoms with E-state index >= 15 is 0 Å². The van der Waals surface area contributed by atoms with Crippen LogP contribution in [-0.2, 0) is 4.84 Å². The second-order valence-corrected chi connectivity index (χ2v) is 8.16. The minimum absolute atomic E-state index is 1.02. The van der Waals surface area contributed by atoms with Gasteiger partial charge in [-0.15, -0.1) is 0 Å². The van der Waals surface area contributed by atoms with Gasteiger partial charge in [0.1, 0.15) is 0 Å². The van der Waals surface area contributed by atoms with Gasteiger partial charge in [0.15, 0.2) is 0 Å². The van der Waals surface area contributed by atoms with Crippen molar-refractivity contribution in [3.8, 4) is 11.8 Å². The third kappa shape index (κ3) is 16.0. The summed E-state index contributed by atoms with van der Waals surface area (Å²) in [6.07, 6.45) is 27.4. The number of rotatable bonds is 16. The number of allylic oxidation sites excluding steroid dienone is 4. The molecule has 1 rings (SSSR count). The van der Waals surface area contributed by atoms with E-state index in [1.807, 2.05) is 12.1 Å². The van der Waals surface area contributed by atoms with Crippen molar-refractivity contribution >= 4 is 0 Å². The summed E-state index contributed by atoms with van der Waals surface area (Å²) in [7, 11) is 5.86. The maximum atomic E-state index is 5.12. The van der Waals surface area contributed by atoms with E-state index in [4.69, 9.17) is 4.84 Å². The van der Waals surface area contributed by atoms with Crippen molar-refractivity contribution in [1.29, 1.82) is 0 Å². The van der Waals surface area contributed by atoms with Crippen molar-refractivity contribution in [2.45, 2.75) is 83.5 Å². The van der Waals surface area contributed by atoms with E-state index < -0.39 is 0 Å². The fourth-order valence-electron chi connectivity index (χ4n) is 3.50. The summed E-state index contributed by atoms with van der Waals surface area (Å²) >= 11 is 0. The van der Waals surface area contributed by atoms with Crippen LogP contribution in [0.25, 0.3) is 0 Å². The summed E-state index contributed by atoms with van der Waals surface area (Å²) in [6.45, 7) is 2.12. The maximum absolute atomic E-state index is 5.12. The number of unbranched alkanes of at least 4 members (excludes halogenated alkanes) is 10. The molecule has 0 N–H and O–H groups in total. The molecule has 164 valence electrons. The predicted molar refractivity (Wildman–Crippen MR) is 126 cm³/mol. The molecule has 0 radical (unpaired) electrons. The highest BCUT2D eigenvalue weighted by Crippen LogP contribution is 2.13. The lowest BCUT2D eigenvalue weighted by atomic mass is 10.1. The maximum Gasteiger partial charge on any atom is 0.0575 e. The van der Waals surface area contributed by atoms with Crippen LogP contribution in [0.15, 0.2) is 36.1 Å². The largest absolute Gasteiger partial charge is 0.376 e. The van der Waals surface area contributed by atoms with Gasteiger partial charge in [-0.1, -0.05) is 68.1 Å². The number of hydroxylamine groups is 2. The summed E-state index contributed by atoms with van der Waals surface area (Å²) in [5, 5.41) is 1.91. The Morgan fingerprint density at radius 2 is 1.76 bits per heavy atom. The number of likely N-dealkylation sites (N-methyl/N-ethyl adjacent to an activating group) is 1. The summed E-state index contributed by atoms with van der Waals surface area (Å²) in [5.41, 5.74) is 1.54. The van der Waals surface area contributed by atoms with E-state index in [0.29, 0.717) is 0 Å². The fourth-order valence-corrected chi connectivity index (χ4v) is 3.50. The molecule has 0 spiro atoms. The number of hydrogen-bond acceptors (Lipinski definition) is 3. The molecule has 0 aromatic rings. The second kappa shape index (κ2) is 18.5. The van der Waals surface area contributed by atoms with Gasteiger partial charge >= 0.3 is 0 Å². The zero-order chi connectivity index (χ0) is 21.0. The summed E-state index contributed by atoms with van der Waals surface area (Å²) in [4.78, 5) is 7.36. The van der Waals surface area contributed by atoms with Crippen LogP contribution in [0.2, 0.25) is 0 Å². The molecule has 29 heavy (non-hydrogen) atoms. The molecule has 1 heterocycles. The van der Waals surface area contributed by atoms with E-state index in [-0.39, 0.29) is 0 Å². The molecule has 3 heteroatoms. The second-order valence-electron chi connectivity index (χ2n) is 8.16. The van der Waals surface area contributed by atoms with Gasteiger partial charge in [0.05, 0.1) is 7.11 Å². The smallest absolute Gasteiger partial charge is 0.0575 e.